The smallest absolute Gasteiger partial charge is 0.215 e. The van der Waals surface area contributed by atoms with Crippen molar-refractivity contribution in [1.29, 1.82) is 0 Å². The molecule has 0 radical (unpaired) electrons. The summed E-state index contributed by atoms with van der Waals surface area (Å²) in [5, 5.41) is 2.13. The van der Waals surface area contributed by atoms with Gasteiger partial charge < -0.3 is 5.32 Å². The lowest BCUT2D eigenvalue weighted by Crippen LogP contribution is -2.36. The molecule has 1 aliphatic rings. The minimum atomic E-state index is -3.47. The van der Waals surface area contributed by atoms with Crippen molar-refractivity contribution in [2.75, 3.05) is 31.6 Å². The molecule has 8 heteroatoms. The second kappa shape index (κ2) is 5.44. The lowest BCUT2D eigenvalue weighted by atomic mass is 10.4. The monoisotopic (exact) mass is 270 g/mol. The van der Waals surface area contributed by atoms with E-state index in [0.717, 1.165) is 6.54 Å². The van der Waals surface area contributed by atoms with Crippen LogP contribution < -0.4 is 10.0 Å². The molecule has 1 unspecified atom stereocenters. The average Bonchev–Trinajstić information content (AvgIpc) is 2.54. The predicted molar refractivity (Wildman–Crippen MR) is 62.5 cm³/mol. The van der Waals surface area contributed by atoms with Crippen molar-refractivity contribution in [3.8, 4) is 0 Å². The zero-order chi connectivity index (χ0) is 12.2. The Balaban J connectivity index is 2.46. The van der Waals surface area contributed by atoms with Crippen molar-refractivity contribution in [3.63, 3.8) is 0 Å². The van der Waals surface area contributed by atoms with E-state index in [1.807, 2.05) is 0 Å². The number of hydrogen-bond donors (Lipinski definition) is 2. The molecule has 2 N–H and O–H groups in total. The first-order valence-electron chi connectivity index (χ1n) is 5.21. The third-order valence-electron chi connectivity index (χ3n) is 2.54. The third-order valence-corrected chi connectivity index (χ3v) is 6.40. The molecule has 0 spiro atoms. The molecule has 1 saturated heterocycles. The first-order chi connectivity index (χ1) is 7.37. The van der Waals surface area contributed by atoms with E-state index >= 15 is 0 Å². The van der Waals surface area contributed by atoms with E-state index in [2.05, 4.69) is 10.0 Å². The van der Waals surface area contributed by atoms with Gasteiger partial charge in [0.1, 0.15) is 0 Å². The van der Waals surface area contributed by atoms with Gasteiger partial charge in [0.15, 0.2) is 9.84 Å². The largest absolute Gasteiger partial charge is 0.320 e. The van der Waals surface area contributed by atoms with Crippen LogP contribution in [0.5, 0.6) is 0 Å². The molecule has 1 rings (SSSR count). The fraction of sp³-hybridized carbons (Fsp3) is 1.00. The van der Waals surface area contributed by atoms with Gasteiger partial charge in [0.25, 0.3) is 0 Å². The molecule has 16 heavy (non-hydrogen) atoms. The Morgan fingerprint density at radius 1 is 1.31 bits per heavy atom. The molecule has 0 saturated carbocycles. The van der Waals surface area contributed by atoms with Crippen LogP contribution >= 0.6 is 0 Å². The van der Waals surface area contributed by atoms with Gasteiger partial charge in [-0.1, -0.05) is 0 Å². The van der Waals surface area contributed by atoms with Crippen molar-refractivity contribution in [3.05, 3.63) is 0 Å². The molecular formula is C8H18N2O4S2. The van der Waals surface area contributed by atoms with E-state index < -0.39 is 25.1 Å². The second-order valence-corrected chi connectivity index (χ2v) is 8.20. The molecule has 96 valence electrons. The summed E-state index contributed by atoms with van der Waals surface area (Å²) in [6.45, 7) is 1.07. The summed E-state index contributed by atoms with van der Waals surface area (Å²) >= 11 is 0. The molecule has 1 fully saturated rings. The fourth-order valence-corrected chi connectivity index (χ4v) is 5.73. The summed E-state index contributed by atoms with van der Waals surface area (Å²) in [5.74, 6) is -0.260. The van der Waals surface area contributed by atoms with Crippen molar-refractivity contribution in [1.82, 2.24) is 10.0 Å². The van der Waals surface area contributed by atoms with Gasteiger partial charge in [-0.05, 0) is 26.4 Å². The van der Waals surface area contributed by atoms with Crippen LogP contribution in [0.4, 0.5) is 0 Å². The van der Waals surface area contributed by atoms with Gasteiger partial charge in [-0.3, -0.25) is 0 Å². The van der Waals surface area contributed by atoms with Gasteiger partial charge >= 0.3 is 0 Å². The van der Waals surface area contributed by atoms with Crippen LogP contribution in [0.3, 0.4) is 0 Å². The zero-order valence-corrected chi connectivity index (χ0v) is 10.9. The summed E-state index contributed by atoms with van der Waals surface area (Å²) in [6.07, 6.45) is 0.902. The third kappa shape index (κ3) is 4.00. The summed E-state index contributed by atoms with van der Waals surface area (Å²) in [4.78, 5) is 0. The van der Waals surface area contributed by atoms with Crippen molar-refractivity contribution < 1.29 is 16.8 Å². The maximum absolute atomic E-state index is 11.7. The van der Waals surface area contributed by atoms with Crippen molar-refractivity contribution >= 4 is 19.9 Å². The molecule has 1 aliphatic heterocycles. The van der Waals surface area contributed by atoms with E-state index in [9.17, 15) is 16.8 Å². The Bertz CT molecular complexity index is 415. The van der Waals surface area contributed by atoms with E-state index in [4.69, 9.17) is 0 Å². The highest BCUT2D eigenvalue weighted by atomic mass is 32.2. The van der Waals surface area contributed by atoms with Gasteiger partial charge in [-0.15, -0.1) is 0 Å². The number of sulfone groups is 1. The van der Waals surface area contributed by atoms with Crippen LogP contribution in [-0.4, -0.2) is 53.7 Å². The van der Waals surface area contributed by atoms with Gasteiger partial charge in [0.05, 0.1) is 16.8 Å². The van der Waals surface area contributed by atoms with Gasteiger partial charge in [0, 0.05) is 6.54 Å². The van der Waals surface area contributed by atoms with Crippen LogP contribution in [-0.2, 0) is 19.9 Å². The zero-order valence-electron chi connectivity index (χ0n) is 9.27. The minimum Gasteiger partial charge on any atom is -0.320 e. The van der Waals surface area contributed by atoms with E-state index in [0.29, 0.717) is 13.0 Å². The van der Waals surface area contributed by atoms with Gasteiger partial charge in [-0.2, -0.15) is 0 Å². The van der Waals surface area contributed by atoms with Crippen molar-refractivity contribution in [2.24, 2.45) is 0 Å². The highest BCUT2D eigenvalue weighted by molar-refractivity contribution is 7.95. The predicted octanol–water partition coefficient (Wildman–Crippen LogP) is -1.30. The first kappa shape index (κ1) is 13.9. The molecule has 0 aromatic heterocycles. The minimum absolute atomic E-state index is 0.0188. The molecule has 0 bridgehead atoms. The van der Waals surface area contributed by atoms with E-state index in [1.165, 1.54) is 0 Å². The lowest BCUT2D eigenvalue weighted by Gasteiger charge is -2.10. The molecular weight excluding hydrogens is 252 g/mol. The fourth-order valence-electron chi connectivity index (χ4n) is 1.60. The number of nitrogens with one attached hydrogen (secondary N) is 2. The second-order valence-electron chi connectivity index (χ2n) is 3.92. The van der Waals surface area contributed by atoms with E-state index in [-0.39, 0.29) is 17.9 Å². The van der Waals surface area contributed by atoms with Gasteiger partial charge in [0.2, 0.25) is 10.0 Å². The number of rotatable bonds is 6. The molecule has 1 atom stereocenters. The lowest BCUT2D eigenvalue weighted by molar-refractivity contribution is 0.564. The molecule has 1 heterocycles. The van der Waals surface area contributed by atoms with Crippen LogP contribution in [0.2, 0.25) is 0 Å². The normalized spacial score (nSPS) is 24.7. The summed E-state index contributed by atoms with van der Waals surface area (Å²) in [5.41, 5.74) is 0. The standard InChI is InChI=1S/C8H18N2O4S2/c1-9-4-2-5-10-16(13,14)8-3-6-15(11,12)7-8/h8-10H,2-7H2,1H3. The van der Waals surface area contributed by atoms with Crippen LogP contribution in [0.25, 0.3) is 0 Å². The molecule has 0 aromatic carbocycles. The Morgan fingerprint density at radius 3 is 2.50 bits per heavy atom. The molecule has 6 nitrogen and oxygen atoms in total. The first-order valence-corrected chi connectivity index (χ1v) is 8.58. The SMILES string of the molecule is CNCCCNS(=O)(=O)C1CCS(=O)(=O)C1. The van der Waals surface area contributed by atoms with Crippen LogP contribution in [0.1, 0.15) is 12.8 Å². The Morgan fingerprint density at radius 2 is 2.00 bits per heavy atom. The molecule has 0 aromatic rings. The Hall–Kier alpha value is -0.180. The van der Waals surface area contributed by atoms with Crippen molar-refractivity contribution in [2.45, 2.75) is 18.1 Å². The Labute approximate surface area is 96.8 Å². The maximum atomic E-state index is 11.7. The molecule has 0 aliphatic carbocycles. The quantitative estimate of drug-likeness (QED) is 0.585. The Kier molecular flexibility index (Phi) is 4.72. The maximum Gasteiger partial charge on any atom is 0.215 e. The highest BCUT2D eigenvalue weighted by Crippen LogP contribution is 2.17. The van der Waals surface area contributed by atoms with Gasteiger partial charge in [-0.25, -0.2) is 21.6 Å². The number of sulfonamides is 1. The topological polar surface area (TPSA) is 92.3 Å². The summed E-state index contributed by atoms with van der Waals surface area (Å²) in [7, 11) is -4.82. The van der Waals surface area contributed by atoms with Crippen LogP contribution in [0, 0.1) is 0 Å². The summed E-state index contributed by atoms with van der Waals surface area (Å²) in [6, 6.07) is 0. The average molecular weight is 270 g/mol. The summed E-state index contributed by atoms with van der Waals surface area (Å²) < 4.78 is 48.1. The number of hydrogen-bond acceptors (Lipinski definition) is 5. The van der Waals surface area contributed by atoms with Crippen LogP contribution in [0.15, 0.2) is 0 Å². The molecule has 0 amide bonds. The van der Waals surface area contributed by atoms with E-state index in [1.54, 1.807) is 7.05 Å². The highest BCUT2D eigenvalue weighted by Gasteiger charge is 2.36.